The molecule has 0 fully saturated rings. The van der Waals surface area contributed by atoms with Crippen LogP contribution in [0, 0.1) is 0 Å². The zero-order valence-electron chi connectivity index (χ0n) is 17.5. The maximum Gasteiger partial charge on any atom is 0.415 e. The maximum absolute atomic E-state index is 12.8. The smallest absolute Gasteiger partial charge is 0.415 e. The van der Waals surface area contributed by atoms with Gasteiger partial charge in [0.2, 0.25) is 0 Å². The predicted molar refractivity (Wildman–Crippen MR) is 122 cm³/mol. The van der Waals surface area contributed by atoms with E-state index in [0.29, 0.717) is 18.8 Å². The Morgan fingerprint density at radius 3 is 1.77 bits per heavy atom. The van der Waals surface area contributed by atoms with Crippen LogP contribution in [0.1, 0.15) is 13.8 Å². The van der Waals surface area contributed by atoms with Gasteiger partial charge in [0.1, 0.15) is 11.5 Å². The summed E-state index contributed by atoms with van der Waals surface area (Å²) in [6, 6.07) is 24.2. The van der Waals surface area contributed by atoms with Gasteiger partial charge in [0.15, 0.2) is 0 Å². The van der Waals surface area contributed by atoms with E-state index in [0.717, 1.165) is 38.4 Å². The molecule has 0 radical (unpaired) electrons. The Balaban J connectivity index is 2.03. The molecular formula is C26H25NO3. The lowest BCUT2D eigenvalue weighted by atomic mass is 9.92. The standard InChI is InChI=1S/C26H25NO3/c1-4-27(5-2)26(28)30-23-17-15-19-11-7-9-13-21(19)25(23)24-20-12-8-6-10-18(20)14-16-22(24)29-3/h6-17H,4-5H2,1-3H3. The van der Waals surface area contributed by atoms with Gasteiger partial charge in [0.25, 0.3) is 0 Å². The molecule has 0 saturated carbocycles. The molecule has 0 aliphatic carbocycles. The highest BCUT2D eigenvalue weighted by Gasteiger charge is 2.21. The first-order valence-electron chi connectivity index (χ1n) is 10.2. The number of nitrogens with zero attached hydrogens (tertiary/aromatic N) is 1. The van der Waals surface area contributed by atoms with Gasteiger partial charge in [-0.15, -0.1) is 0 Å². The molecule has 4 aromatic carbocycles. The number of methoxy groups -OCH3 is 1. The van der Waals surface area contributed by atoms with Gasteiger partial charge in [-0.2, -0.15) is 0 Å². The van der Waals surface area contributed by atoms with Gasteiger partial charge in [-0.3, -0.25) is 0 Å². The van der Waals surface area contributed by atoms with Gasteiger partial charge >= 0.3 is 6.09 Å². The normalized spacial score (nSPS) is 10.9. The van der Waals surface area contributed by atoms with Crippen molar-refractivity contribution in [1.82, 2.24) is 4.90 Å². The number of fused-ring (bicyclic) bond motifs is 2. The minimum absolute atomic E-state index is 0.351. The van der Waals surface area contributed by atoms with Crippen LogP contribution >= 0.6 is 0 Å². The third kappa shape index (κ3) is 3.45. The summed E-state index contributed by atoms with van der Waals surface area (Å²) in [6.45, 7) is 5.07. The quantitative estimate of drug-likeness (QED) is 0.384. The largest absolute Gasteiger partial charge is 0.496 e. The first kappa shape index (κ1) is 19.8. The van der Waals surface area contributed by atoms with Crippen molar-refractivity contribution in [2.24, 2.45) is 0 Å². The molecule has 0 bridgehead atoms. The van der Waals surface area contributed by atoms with Crippen LogP contribution in [0.2, 0.25) is 0 Å². The molecule has 30 heavy (non-hydrogen) atoms. The molecule has 0 aliphatic heterocycles. The Bertz CT molecular complexity index is 1210. The minimum Gasteiger partial charge on any atom is -0.496 e. The zero-order chi connectivity index (χ0) is 21.1. The summed E-state index contributed by atoms with van der Waals surface area (Å²) >= 11 is 0. The molecule has 152 valence electrons. The Labute approximate surface area is 176 Å². The minimum atomic E-state index is -0.351. The summed E-state index contributed by atoms with van der Waals surface area (Å²) in [4.78, 5) is 14.5. The topological polar surface area (TPSA) is 38.8 Å². The average molecular weight is 399 g/mol. The second-order valence-corrected chi connectivity index (χ2v) is 7.06. The van der Waals surface area contributed by atoms with Gasteiger partial charge in [-0.05, 0) is 47.5 Å². The number of hydrogen-bond donors (Lipinski definition) is 0. The van der Waals surface area contributed by atoms with Crippen molar-refractivity contribution in [3.8, 4) is 22.6 Å². The SMILES string of the molecule is CCN(CC)C(=O)Oc1ccc2ccccc2c1-c1c(OC)ccc2ccccc12. The number of carbonyl (C=O) groups excluding carboxylic acids is 1. The molecule has 0 N–H and O–H groups in total. The third-order valence-electron chi connectivity index (χ3n) is 5.47. The molecule has 0 heterocycles. The zero-order valence-corrected chi connectivity index (χ0v) is 17.5. The van der Waals surface area contributed by atoms with Crippen LogP contribution < -0.4 is 9.47 Å². The van der Waals surface area contributed by atoms with E-state index in [1.165, 1.54) is 0 Å². The van der Waals surface area contributed by atoms with Crippen molar-refractivity contribution in [3.63, 3.8) is 0 Å². The lowest BCUT2D eigenvalue weighted by Crippen LogP contribution is -2.33. The summed E-state index contributed by atoms with van der Waals surface area (Å²) in [6.07, 6.45) is -0.351. The number of ether oxygens (including phenoxy) is 2. The van der Waals surface area contributed by atoms with Gasteiger partial charge in [0.05, 0.1) is 7.11 Å². The maximum atomic E-state index is 12.8. The van der Waals surface area contributed by atoms with Crippen molar-refractivity contribution < 1.29 is 14.3 Å². The van der Waals surface area contributed by atoms with E-state index in [2.05, 4.69) is 24.3 Å². The Morgan fingerprint density at radius 2 is 1.23 bits per heavy atom. The van der Waals surface area contributed by atoms with Crippen LogP contribution in [0.15, 0.2) is 72.8 Å². The molecule has 4 rings (SSSR count). The van der Waals surface area contributed by atoms with Crippen LogP contribution in [-0.2, 0) is 0 Å². The number of amides is 1. The second kappa shape index (κ2) is 8.46. The highest BCUT2D eigenvalue weighted by molar-refractivity contribution is 6.10. The first-order chi connectivity index (χ1) is 14.7. The highest BCUT2D eigenvalue weighted by atomic mass is 16.6. The Morgan fingerprint density at radius 1 is 0.733 bits per heavy atom. The third-order valence-corrected chi connectivity index (χ3v) is 5.47. The summed E-state index contributed by atoms with van der Waals surface area (Å²) < 4.78 is 11.7. The molecule has 0 unspecified atom stereocenters. The Hall–Kier alpha value is -3.53. The van der Waals surface area contributed by atoms with Crippen molar-refractivity contribution in [3.05, 3.63) is 72.8 Å². The summed E-state index contributed by atoms with van der Waals surface area (Å²) in [5.74, 6) is 1.27. The van der Waals surface area contributed by atoms with Gasteiger partial charge < -0.3 is 14.4 Å². The summed E-state index contributed by atoms with van der Waals surface area (Å²) in [5.41, 5.74) is 1.79. The van der Waals surface area contributed by atoms with Crippen molar-refractivity contribution in [2.75, 3.05) is 20.2 Å². The van der Waals surface area contributed by atoms with Crippen LogP contribution in [0.5, 0.6) is 11.5 Å². The van der Waals surface area contributed by atoms with Crippen LogP contribution in [-0.4, -0.2) is 31.2 Å². The molecule has 0 atom stereocenters. The van der Waals surface area contributed by atoms with E-state index in [1.54, 1.807) is 12.0 Å². The number of carbonyl (C=O) groups is 1. The number of benzene rings is 4. The fourth-order valence-corrected chi connectivity index (χ4v) is 3.91. The predicted octanol–water partition coefficient (Wildman–Crippen LogP) is 6.51. The van der Waals surface area contributed by atoms with E-state index in [9.17, 15) is 4.79 Å². The molecule has 0 aliphatic rings. The Kier molecular flexibility index (Phi) is 5.57. The van der Waals surface area contributed by atoms with Gasteiger partial charge in [-0.25, -0.2) is 4.79 Å². The van der Waals surface area contributed by atoms with E-state index in [-0.39, 0.29) is 6.09 Å². The van der Waals surface area contributed by atoms with E-state index < -0.39 is 0 Å². The van der Waals surface area contributed by atoms with E-state index >= 15 is 0 Å². The number of rotatable bonds is 5. The van der Waals surface area contributed by atoms with E-state index in [1.807, 2.05) is 62.4 Å². The highest BCUT2D eigenvalue weighted by Crippen LogP contribution is 2.45. The fraction of sp³-hybridized carbons (Fsp3) is 0.192. The lowest BCUT2D eigenvalue weighted by molar-refractivity contribution is 0.157. The van der Waals surface area contributed by atoms with Crippen LogP contribution in [0.25, 0.3) is 32.7 Å². The summed E-state index contributed by atoms with van der Waals surface area (Å²) in [7, 11) is 1.67. The number of hydrogen-bond acceptors (Lipinski definition) is 3. The molecule has 0 aromatic heterocycles. The van der Waals surface area contributed by atoms with E-state index in [4.69, 9.17) is 9.47 Å². The second-order valence-electron chi connectivity index (χ2n) is 7.06. The lowest BCUT2D eigenvalue weighted by Gasteiger charge is -2.21. The van der Waals surface area contributed by atoms with Crippen molar-refractivity contribution in [2.45, 2.75) is 13.8 Å². The van der Waals surface area contributed by atoms with Crippen LogP contribution in [0.4, 0.5) is 4.79 Å². The van der Waals surface area contributed by atoms with Crippen LogP contribution in [0.3, 0.4) is 0 Å². The van der Waals surface area contributed by atoms with Crippen molar-refractivity contribution >= 4 is 27.6 Å². The fourth-order valence-electron chi connectivity index (χ4n) is 3.91. The molecule has 0 spiro atoms. The monoisotopic (exact) mass is 399 g/mol. The molecule has 4 heteroatoms. The molecule has 1 amide bonds. The van der Waals surface area contributed by atoms with Gasteiger partial charge in [-0.1, -0.05) is 60.7 Å². The molecule has 0 saturated heterocycles. The first-order valence-corrected chi connectivity index (χ1v) is 10.2. The average Bonchev–Trinajstić information content (AvgIpc) is 2.79. The summed E-state index contributed by atoms with van der Waals surface area (Å²) in [5, 5.41) is 4.23. The molecular weight excluding hydrogens is 374 g/mol. The molecule has 4 aromatic rings. The van der Waals surface area contributed by atoms with Crippen molar-refractivity contribution in [1.29, 1.82) is 0 Å². The molecule has 4 nitrogen and oxygen atoms in total. The van der Waals surface area contributed by atoms with Gasteiger partial charge in [0, 0.05) is 24.2 Å².